The fraction of sp³-hybridized carbons (Fsp3) is 0.667. The van der Waals surface area contributed by atoms with E-state index < -0.39 is 35.5 Å². The van der Waals surface area contributed by atoms with E-state index >= 15 is 0 Å². The summed E-state index contributed by atoms with van der Waals surface area (Å²) in [7, 11) is 0. The molecule has 2 atom stereocenters. The molecule has 2 unspecified atom stereocenters. The van der Waals surface area contributed by atoms with E-state index in [0.29, 0.717) is 23.0 Å². The van der Waals surface area contributed by atoms with E-state index in [-0.39, 0.29) is 11.8 Å². The fourth-order valence-electron chi connectivity index (χ4n) is 7.39. The maximum absolute atomic E-state index is 14.5. The van der Waals surface area contributed by atoms with Crippen molar-refractivity contribution in [3.63, 3.8) is 0 Å². The zero-order chi connectivity index (χ0) is 29.2. The molecular formula is C36H50F4O. The van der Waals surface area contributed by atoms with Gasteiger partial charge in [-0.05, 0) is 84.7 Å². The molecule has 5 heteroatoms. The third-order valence-corrected chi connectivity index (χ3v) is 9.91. The average molecular weight is 575 g/mol. The molecule has 2 aromatic rings. The van der Waals surface area contributed by atoms with Crippen LogP contribution in [0.1, 0.15) is 140 Å². The predicted molar refractivity (Wildman–Crippen MR) is 158 cm³/mol. The quantitative estimate of drug-likeness (QED) is 0.161. The Balaban J connectivity index is 1.56. The number of rotatable bonds is 14. The van der Waals surface area contributed by atoms with Crippen molar-refractivity contribution in [1.29, 1.82) is 0 Å². The molecule has 0 bridgehead atoms. The third-order valence-electron chi connectivity index (χ3n) is 9.91. The number of benzene rings is 2. The summed E-state index contributed by atoms with van der Waals surface area (Å²) in [5.41, 5.74) is 1.28. The molecule has 4 rings (SSSR count). The SMILES string of the molecule is CCCCCC1CCC(C(OC(c2ccc(F)c(F)c2)C2CCC(CCCCC)CC2)c2ccc(F)c(F)c2)CC1. The molecule has 0 aliphatic heterocycles. The van der Waals surface area contributed by atoms with E-state index in [1.165, 1.54) is 75.6 Å². The first-order valence-corrected chi connectivity index (χ1v) is 16.4. The first-order valence-electron chi connectivity index (χ1n) is 16.4. The highest BCUT2D eigenvalue weighted by molar-refractivity contribution is 5.24. The molecule has 228 valence electrons. The van der Waals surface area contributed by atoms with Gasteiger partial charge in [-0.3, -0.25) is 0 Å². The molecule has 0 spiro atoms. The second-order valence-corrected chi connectivity index (χ2v) is 12.9. The Kier molecular flexibility index (Phi) is 12.6. The Hall–Kier alpha value is -1.88. The number of unbranched alkanes of at least 4 members (excludes halogenated alkanes) is 4. The summed E-state index contributed by atoms with van der Waals surface area (Å²) in [6, 6.07) is 8.21. The van der Waals surface area contributed by atoms with Gasteiger partial charge < -0.3 is 4.74 Å². The molecule has 0 N–H and O–H groups in total. The lowest BCUT2D eigenvalue weighted by Crippen LogP contribution is -2.28. The lowest BCUT2D eigenvalue weighted by atomic mass is 9.74. The number of hydrogen-bond acceptors (Lipinski definition) is 1. The van der Waals surface area contributed by atoms with Gasteiger partial charge in [0.2, 0.25) is 0 Å². The highest BCUT2D eigenvalue weighted by atomic mass is 19.2. The maximum atomic E-state index is 14.5. The van der Waals surface area contributed by atoms with E-state index in [2.05, 4.69) is 13.8 Å². The van der Waals surface area contributed by atoms with E-state index in [1.54, 1.807) is 12.1 Å². The molecular weight excluding hydrogens is 524 g/mol. The van der Waals surface area contributed by atoms with Gasteiger partial charge in [0.1, 0.15) is 0 Å². The van der Waals surface area contributed by atoms with Gasteiger partial charge >= 0.3 is 0 Å². The second kappa shape index (κ2) is 16.1. The standard InChI is InChI=1S/C36H50F4O/c1-3-5-7-9-25-11-15-27(16-12-25)35(29-19-21-31(37)33(39)23-29)41-36(30-20-22-32(38)34(40)24-30)28-17-13-26(14-18-28)10-8-6-4-2/h19-28,35-36H,3-18H2,1-2H3. The van der Waals surface area contributed by atoms with Gasteiger partial charge in [-0.25, -0.2) is 17.6 Å². The van der Waals surface area contributed by atoms with Gasteiger partial charge in [-0.15, -0.1) is 0 Å². The first-order chi connectivity index (χ1) is 19.9. The summed E-state index contributed by atoms with van der Waals surface area (Å²) in [6.07, 6.45) is 17.4. The first kappa shape index (κ1) is 32.0. The van der Waals surface area contributed by atoms with Crippen molar-refractivity contribution in [3.8, 4) is 0 Å². The molecule has 2 saturated carbocycles. The zero-order valence-corrected chi connectivity index (χ0v) is 25.2. The van der Waals surface area contributed by atoms with Crippen LogP contribution in [0.5, 0.6) is 0 Å². The highest BCUT2D eigenvalue weighted by Gasteiger charge is 2.36. The van der Waals surface area contributed by atoms with Crippen molar-refractivity contribution in [3.05, 3.63) is 70.8 Å². The van der Waals surface area contributed by atoms with Crippen LogP contribution in [0.2, 0.25) is 0 Å². The Morgan fingerprint density at radius 2 is 0.951 bits per heavy atom. The number of halogens is 4. The van der Waals surface area contributed by atoms with Gasteiger partial charge in [-0.2, -0.15) is 0 Å². The van der Waals surface area contributed by atoms with Crippen molar-refractivity contribution >= 4 is 0 Å². The van der Waals surface area contributed by atoms with Crippen LogP contribution in [0.25, 0.3) is 0 Å². The van der Waals surface area contributed by atoms with Crippen LogP contribution >= 0.6 is 0 Å². The minimum Gasteiger partial charge on any atom is -0.365 e. The Morgan fingerprint density at radius 3 is 1.29 bits per heavy atom. The van der Waals surface area contributed by atoms with Crippen LogP contribution < -0.4 is 0 Å². The van der Waals surface area contributed by atoms with E-state index in [0.717, 1.165) is 51.4 Å². The predicted octanol–water partition coefficient (Wildman–Crippen LogP) is 11.8. The summed E-state index contributed by atoms with van der Waals surface area (Å²) < 4.78 is 63.9. The molecule has 2 fully saturated rings. The summed E-state index contributed by atoms with van der Waals surface area (Å²) >= 11 is 0. The van der Waals surface area contributed by atoms with E-state index in [4.69, 9.17) is 4.74 Å². The number of ether oxygens (including phenoxy) is 1. The third kappa shape index (κ3) is 9.05. The van der Waals surface area contributed by atoms with Gasteiger partial charge in [0, 0.05) is 0 Å². The van der Waals surface area contributed by atoms with Gasteiger partial charge in [0.15, 0.2) is 23.3 Å². The van der Waals surface area contributed by atoms with Crippen LogP contribution in [0.15, 0.2) is 36.4 Å². The maximum Gasteiger partial charge on any atom is 0.159 e. The smallest absolute Gasteiger partial charge is 0.159 e. The topological polar surface area (TPSA) is 9.23 Å². The van der Waals surface area contributed by atoms with E-state index in [1.807, 2.05) is 0 Å². The van der Waals surface area contributed by atoms with Gasteiger partial charge in [0.25, 0.3) is 0 Å². The summed E-state index contributed by atoms with van der Waals surface area (Å²) in [6.45, 7) is 4.45. The highest BCUT2D eigenvalue weighted by Crippen LogP contribution is 2.47. The molecule has 2 aliphatic carbocycles. The van der Waals surface area contributed by atoms with Crippen LogP contribution in [-0.2, 0) is 4.74 Å². The van der Waals surface area contributed by atoms with Crippen LogP contribution in [0.3, 0.4) is 0 Å². The van der Waals surface area contributed by atoms with Crippen molar-refractivity contribution in [2.45, 2.75) is 129 Å². The largest absolute Gasteiger partial charge is 0.365 e. The molecule has 2 aliphatic rings. The monoisotopic (exact) mass is 574 g/mol. The molecule has 1 nitrogen and oxygen atoms in total. The fourth-order valence-corrected chi connectivity index (χ4v) is 7.39. The van der Waals surface area contributed by atoms with Gasteiger partial charge in [-0.1, -0.05) is 103 Å². The average Bonchev–Trinajstić information content (AvgIpc) is 2.98. The molecule has 0 radical (unpaired) electrons. The van der Waals surface area contributed by atoms with Crippen molar-refractivity contribution < 1.29 is 22.3 Å². The lowest BCUT2D eigenvalue weighted by molar-refractivity contribution is -0.0910. The van der Waals surface area contributed by atoms with Crippen molar-refractivity contribution in [2.75, 3.05) is 0 Å². The number of hydrogen-bond donors (Lipinski definition) is 0. The Labute approximate surface area is 245 Å². The van der Waals surface area contributed by atoms with Crippen molar-refractivity contribution in [1.82, 2.24) is 0 Å². The minimum atomic E-state index is -0.874. The molecule has 0 amide bonds. The van der Waals surface area contributed by atoms with Crippen molar-refractivity contribution in [2.24, 2.45) is 23.7 Å². The van der Waals surface area contributed by atoms with Crippen LogP contribution in [0, 0.1) is 46.9 Å². The summed E-state index contributed by atoms with van der Waals surface area (Å²) in [4.78, 5) is 0. The molecule has 41 heavy (non-hydrogen) atoms. The lowest BCUT2D eigenvalue weighted by Gasteiger charge is -2.40. The molecule has 2 aromatic carbocycles. The van der Waals surface area contributed by atoms with E-state index in [9.17, 15) is 17.6 Å². The molecule has 0 aromatic heterocycles. The summed E-state index contributed by atoms with van der Waals surface area (Å²) in [5.74, 6) is -1.75. The normalized spacial score (nSPS) is 24.7. The zero-order valence-electron chi connectivity index (χ0n) is 25.2. The second-order valence-electron chi connectivity index (χ2n) is 12.9. The Bertz CT molecular complexity index is 972. The molecule has 0 heterocycles. The van der Waals surface area contributed by atoms with Crippen LogP contribution in [0.4, 0.5) is 17.6 Å². The molecule has 0 saturated heterocycles. The minimum absolute atomic E-state index is 0.167. The van der Waals surface area contributed by atoms with Crippen LogP contribution in [-0.4, -0.2) is 0 Å². The Morgan fingerprint density at radius 1 is 0.561 bits per heavy atom. The van der Waals surface area contributed by atoms with Gasteiger partial charge in [0.05, 0.1) is 12.2 Å². The summed E-state index contributed by atoms with van der Waals surface area (Å²) in [5, 5.41) is 0.